The number of aryl methyl sites for hydroxylation is 1. The lowest BCUT2D eigenvalue weighted by molar-refractivity contribution is 0.112. The van der Waals surface area contributed by atoms with E-state index >= 15 is 0 Å². The van der Waals surface area contributed by atoms with Crippen LogP contribution < -0.4 is 4.74 Å². The fourth-order valence-electron chi connectivity index (χ4n) is 1.30. The average Bonchev–Trinajstić information content (AvgIpc) is 2.34. The number of carbonyl (C=O) groups is 1. The second-order valence-electron chi connectivity index (χ2n) is 3.59. The first kappa shape index (κ1) is 11.3. The highest BCUT2D eigenvalue weighted by Crippen LogP contribution is 2.22. The molecule has 86 valence electrons. The van der Waals surface area contributed by atoms with Crippen molar-refractivity contribution in [2.24, 2.45) is 0 Å². The van der Waals surface area contributed by atoms with E-state index in [0.29, 0.717) is 12.0 Å². The van der Waals surface area contributed by atoms with E-state index < -0.39 is 5.82 Å². The van der Waals surface area contributed by atoms with Crippen molar-refractivity contribution < 1.29 is 13.9 Å². The van der Waals surface area contributed by atoms with E-state index in [0.717, 1.165) is 11.6 Å². The number of benzene rings is 1. The van der Waals surface area contributed by atoms with E-state index in [1.165, 1.54) is 6.20 Å². The van der Waals surface area contributed by atoms with Gasteiger partial charge in [-0.3, -0.25) is 4.79 Å². The maximum Gasteiger partial charge on any atom is 0.255 e. The van der Waals surface area contributed by atoms with E-state index in [-0.39, 0.29) is 11.4 Å². The lowest BCUT2D eigenvalue weighted by Gasteiger charge is -2.05. The van der Waals surface area contributed by atoms with Crippen molar-refractivity contribution in [2.75, 3.05) is 0 Å². The highest BCUT2D eigenvalue weighted by atomic mass is 19.1. The molecule has 1 heterocycles. The molecule has 0 aliphatic rings. The van der Waals surface area contributed by atoms with Crippen LogP contribution in [0.15, 0.2) is 36.5 Å². The Bertz CT molecular complexity index is 538. The molecular weight excluding hydrogens is 221 g/mol. The Hall–Kier alpha value is -2.23. The van der Waals surface area contributed by atoms with Crippen LogP contribution in [0.2, 0.25) is 0 Å². The molecule has 0 fully saturated rings. The Morgan fingerprint density at radius 1 is 1.29 bits per heavy atom. The molecular formula is C13H10FNO2. The van der Waals surface area contributed by atoms with Crippen LogP contribution in [-0.4, -0.2) is 11.3 Å². The molecule has 0 amide bonds. The van der Waals surface area contributed by atoms with E-state index in [2.05, 4.69) is 4.98 Å². The predicted molar refractivity (Wildman–Crippen MR) is 60.8 cm³/mol. The van der Waals surface area contributed by atoms with Crippen molar-refractivity contribution in [2.45, 2.75) is 6.92 Å². The molecule has 0 radical (unpaired) electrons. The fraction of sp³-hybridized carbons (Fsp3) is 0.0769. The Morgan fingerprint density at radius 2 is 2.00 bits per heavy atom. The van der Waals surface area contributed by atoms with Gasteiger partial charge in [0, 0.05) is 11.8 Å². The van der Waals surface area contributed by atoms with Crippen LogP contribution in [0.1, 0.15) is 15.9 Å². The zero-order chi connectivity index (χ0) is 12.3. The summed E-state index contributed by atoms with van der Waals surface area (Å²) >= 11 is 0. The minimum absolute atomic E-state index is 0.139. The van der Waals surface area contributed by atoms with Gasteiger partial charge in [0.15, 0.2) is 12.1 Å². The highest BCUT2D eigenvalue weighted by molar-refractivity contribution is 5.74. The molecule has 0 aliphatic carbocycles. The van der Waals surface area contributed by atoms with Crippen molar-refractivity contribution in [1.29, 1.82) is 0 Å². The van der Waals surface area contributed by atoms with Crippen LogP contribution >= 0.6 is 0 Å². The van der Waals surface area contributed by atoms with E-state index in [9.17, 15) is 9.18 Å². The number of ether oxygens (including phenoxy) is 1. The van der Waals surface area contributed by atoms with Gasteiger partial charge in [-0.2, -0.15) is 0 Å². The van der Waals surface area contributed by atoms with E-state index in [1.807, 2.05) is 19.1 Å². The van der Waals surface area contributed by atoms with Crippen LogP contribution in [0.25, 0.3) is 0 Å². The number of pyridine rings is 1. The van der Waals surface area contributed by atoms with Crippen molar-refractivity contribution in [3.63, 3.8) is 0 Å². The second-order valence-corrected chi connectivity index (χ2v) is 3.59. The summed E-state index contributed by atoms with van der Waals surface area (Å²) in [5, 5.41) is 0. The van der Waals surface area contributed by atoms with Crippen molar-refractivity contribution in [3.05, 3.63) is 53.5 Å². The molecule has 4 heteroatoms. The first-order valence-corrected chi connectivity index (χ1v) is 5.04. The van der Waals surface area contributed by atoms with Crippen LogP contribution in [0.5, 0.6) is 11.6 Å². The van der Waals surface area contributed by atoms with Gasteiger partial charge < -0.3 is 4.74 Å². The van der Waals surface area contributed by atoms with Gasteiger partial charge in [0.1, 0.15) is 5.75 Å². The predicted octanol–water partition coefficient (Wildman–Crippen LogP) is 3.13. The number of hydrogen-bond acceptors (Lipinski definition) is 3. The number of rotatable bonds is 3. The lowest BCUT2D eigenvalue weighted by atomic mass is 10.2. The summed E-state index contributed by atoms with van der Waals surface area (Å²) in [4.78, 5) is 14.2. The van der Waals surface area contributed by atoms with Gasteiger partial charge in [-0.05, 0) is 25.1 Å². The largest absolute Gasteiger partial charge is 0.436 e. The van der Waals surface area contributed by atoms with Crippen LogP contribution in [0, 0.1) is 12.7 Å². The summed E-state index contributed by atoms with van der Waals surface area (Å²) < 4.78 is 18.7. The standard InChI is InChI=1S/C13H10FNO2/c1-9-2-4-11(5-3-9)17-13-12(14)6-10(8-16)7-15-13/h2-8H,1H3. The summed E-state index contributed by atoms with van der Waals surface area (Å²) in [6, 6.07) is 8.25. The zero-order valence-corrected chi connectivity index (χ0v) is 9.18. The van der Waals surface area contributed by atoms with Crippen molar-refractivity contribution in [3.8, 4) is 11.6 Å². The number of halogens is 1. The smallest absolute Gasteiger partial charge is 0.255 e. The topological polar surface area (TPSA) is 39.2 Å². The number of hydrogen-bond donors (Lipinski definition) is 0. The molecule has 17 heavy (non-hydrogen) atoms. The number of aldehydes is 1. The molecule has 0 saturated carbocycles. The normalized spacial score (nSPS) is 10.0. The van der Waals surface area contributed by atoms with Crippen molar-refractivity contribution in [1.82, 2.24) is 4.98 Å². The summed E-state index contributed by atoms with van der Waals surface area (Å²) in [6.45, 7) is 1.95. The molecule has 1 aromatic carbocycles. The summed E-state index contributed by atoms with van der Waals surface area (Å²) in [5.41, 5.74) is 1.26. The molecule has 0 spiro atoms. The molecule has 0 atom stereocenters. The molecule has 0 bridgehead atoms. The molecule has 0 aliphatic heterocycles. The molecule has 3 nitrogen and oxygen atoms in total. The lowest BCUT2D eigenvalue weighted by Crippen LogP contribution is -1.94. The molecule has 1 aromatic heterocycles. The highest BCUT2D eigenvalue weighted by Gasteiger charge is 2.07. The third-order valence-electron chi connectivity index (χ3n) is 2.20. The maximum absolute atomic E-state index is 13.5. The zero-order valence-electron chi connectivity index (χ0n) is 9.18. The molecule has 0 saturated heterocycles. The minimum atomic E-state index is -0.657. The minimum Gasteiger partial charge on any atom is -0.436 e. The number of carbonyl (C=O) groups excluding carboxylic acids is 1. The van der Waals surface area contributed by atoms with Gasteiger partial charge in [0.25, 0.3) is 5.88 Å². The van der Waals surface area contributed by atoms with Gasteiger partial charge in [0.2, 0.25) is 0 Å². The molecule has 2 aromatic rings. The van der Waals surface area contributed by atoms with E-state index in [4.69, 9.17) is 4.74 Å². The Kier molecular flexibility index (Phi) is 3.14. The summed E-state index contributed by atoms with van der Waals surface area (Å²) in [5.74, 6) is -0.296. The van der Waals surface area contributed by atoms with Gasteiger partial charge in [-0.1, -0.05) is 17.7 Å². The Morgan fingerprint density at radius 3 is 2.59 bits per heavy atom. The SMILES string of the molecule is Cc1ccc(Oc2ncc(C=O)cc2F)cc1. The quantitative estimate of drug-likeness (QED) is 0.762. The van der Waals surface area contributed by atoms with Crippen LogP contribution in [-0.2, 0) is 0 Å². The van der Waals surface area contributed by atoms with Gasteiger partial charge >= 0.3 is 0 Å². The molecule has 0 unspecified atom stereocenters. The van der Waals surface area contributed by atoms with Gasteiger partial charge in [-0.15, -0.1) is 0 Å². The van der Waals surface area contributed by atoms with Crippen molar-refractivity contribution >= 4 is 6.29 Å². The van der Waals surface area contributed by atoms with Gasteiger partial charge in [0.05, 0.1) is 0 Å². The Balaban J connectivity index is 2.24. The average molecular weight is 231 g/mol. The van der Waals surface area contributed by atoms with Crippen LogP contribution in [0.4, 0.5) is 4.39 Å². The first-order chi connectivity index (χ1) is 8.19. The fourth-order valence-corrected chi connectivity index (χ4v) is 1.30. The maximum atomic E-state index is 13.5. The second kappa shape index (κ2) is 4.74. The third-order valence-corrected chi connectivity index (χ3v) is 2.20. The number of aromatic nitrogens is 1. The molecule has 2 rings (SSSR count). The summed E-state index contributed by atoms with van der Waals surface area (Å²) in [6.07, 6.45) is 1.80. The van der Waals surface area contributed by atoms with Gasteiger partial charge in [-0.25, -0.2) is 9.37 Å². The molecule has 0 N–H and O–H groups in total. The third kappa shape index (κ3) is 2.66. The van der Waals surface area contributed by atoms with Crippen LogP contribution in [0.3, 0.4) is 0 Å². The Labute approximate surface area is 97.9 Å². The summed E-state index contributed by atoms with van der Waals surface area (Å²) in [7, 11) is 0. The monoisotopic (exact) mass is 231 g/mol. The number of nitrogens with zero attached hydrogens (tertiary/aromatic N) is 1. The van der Waals surface area contributed by atoms with E-state index in [1.54, 1.807) is 12.1 Å². The first-order valence-electron chi connectivity index (χ1n) is 5.04.